The second-order valence-corrected chi connectivity index (χ2v) is 0. The van der Waals surface area contributed by atoms with Gasteiger partial charge >= 0.3 is 0 Å². The molecule has 0 saturated heterocycles. The van der Waals surface area contributed by atoms with E-state index in [1.807, 2.05) is 27.2 Å². The summed E-state index contributed by atoms with van der Waals surface area (Å²) in [5.74, 6) is 0. The molecule has 71 valence electrons. The van der Waals surface area contributed by atoms with Crippen LogP contribution in [0.2, 0.25) is 0 Å². The molecule has 1 radical (unpaired) electrons. The van der Waals surface area contributed by atoms with Crippen molar-refractivity contribution in [3.63, 3.8) is 0 Å². The molecule has 4 nitrogen and oxygen atoms in total. The van der Waals surface area contributed by atoms with Crippen LogP contribution in [-0.2, 0) is 36.0 Å². The normalized spacial score (nSPS) is 2.00. The Bertz CT molecular complexity index is 22.5. The zero-order chi connectivity index (χ0) is 10.0. The van der Waals surface area contributed by atoms with Gasteiger partial charge in [0.05, 0.1) is 0 Å². The van der Waals surface area contributed by atoms with E-state index in [4.69, 9.17) is 19.2 Å². The van der Waals surface area contributed by atoms with Crippen LogP contribution in [0.5, 0.6) is 0 Å². The van der Waals surface area contributed by atoms with E-state index in [1.165, 1.54) is 0 Å². The minimum atomic E-state index is 0. The van der Waals surface area contributed by atoms with Gasteiger partial charge in [-0.3, -0.25) is 0 Å². The molecule has 11 heavy (non-hydrogen) atoms. The molecule has 0 bridgehead atoms. The fourth-order valence-corrected chi connectivity index (χ4v) is 0. The van der Waals surface area contributed by atoms with Gasteiger partial charge < -0.3 is 26.1 Å². The molecule has 0 amide bonds. The SMILES string of the molecule is C=O.C=O.C=O.C=O.[CH2-]C.[Co]. The first-order chi connectivity index (χ1) is 5.00. The van der Waals surface area contributed by atoms with Crippen molar-refractivity contribution < 1.29 is 36.0 Å². The van der Waals surface area contributed by atoms with Crippen molar-refractivity contribution in [3.05, 3.63) is 6.92 Å². The van der Waals surface area contributed by atoms with Crippen LogP contribution in [0.25, 0.3) is 0 Å². The maximum atomic E-state index is 8.00. The summed E-state index contributed by atoms with van der Waals surface area (Å²) in [6, 6.07) is 0. The zero-order valence-electron chi connectivity index (χ0n) is 6.50. The number of carbonyl (C=O) groups excluding carboxylic acids is 4. The van der Waals surface area contributed by atoms with Gasteiger partial charge in [-0.15, -0.1) is 0 Å². The molecular weight excluding hydrogens is 195 g/mol. The molecule has 0 unspecified atom stereocenters. The second kappa shape index (κ2) is 930. The standard InChI is InChI=1S/C2H5.4CH2O.Co/c5*1-2;/h1H2,2H3;4*1H2;/q-1;;;;;. The van der Waals surface area contributed by atoms with Crippen LogP contribution in [-0.4, -0.2) is 27.2 Å². The van der Waals surface area contributed by atoms with Crippen molar-refractivity contribution in [2.75, 3.05) is 0 Å². The van der Waals surface area contributed by atoms with Gasteiger partial charge in [0.15, 0.2) is 0 Å². The summed E-state index contributed by atoms with van der Waals surface area (Å²) in [7, 11) is 0. The average Bonchev–Trinajstić information content (AvgIpc) is 2.20. The predicted octanol–water partition coefficient (Wildman–Crippen LogP) is 0.0983. The zero-order valence-corrected chi connectivity index (χ0v) is 7.54. The Morgan fingerprint density at radius 3 is 0.636 bits per heavy atom. The van der Waals surface area contributed by atoms with E-state index < -0.39 is 0 Å². The van der Waals surface area contributed by atoms with E-state index in [9.17, 15) is 0 Å². The molecule has 0 heterocycles. The van der Waals surface area contributed by atoms with Crippen LogP contribution in [0.15, 0.2) is 0 Å². The molecule has 0 saturated carbocycles. The summed E-state index contributed by atoms with van der Waals surface area (Å²) in [6.07, 6.45) is 0. The summed E-state index contributed by atoms with van der Waals surface area (Å²) in [4.78, 5) is 32.0. The van der Waals surface area contributed by atoms with Gasteiger partial charge in [0.1, 0.15) is 27.2 Å². The minimum absolute atomic E-state index is 0. The Labute approximate surface area is 77.6 Å². The Kier molecular flexibility index (Phi) is 4150. The molecule has 0 aromatic carbocycles. The van der Waals surface area contributed by atoms with Crippen LogP contribution in [0.4, 0.5) is 0 Å². The van der Waals surface area contributed by atoms with Crippen molar-refractivity contribution in [3.8, 4) is 0 Å². The predicted molar refractivity (Wildman–Crippen MR) is 39.5 cm³/mol. The Morgan fingerprint density at radius 1 is 0.636 bits per heavy atom. The smallest absolute Gasteiger partial charge is 0.106 e. The van der Waals surface area contributed by atoms with Crippen LogP contribution < -0.4 is 0 Å². The number of rotatable bonds is 0. The number of hydrogen-bond donors (Lipinski definition) is 0. The average molecular weight is 208 g/mol. The minimum Gasteiger partial charge on any atom is -0.346 e. The van der Waals surface area contributed by atoms with Crippen molar-refractivity contribution in [1.82, 2.24) is 0 Å². The summed E-state index contributed by atoms with van der Waals surface area (Å²) in [5.41, 5.74) is 0. The Balaban J connectivity index is -0.00000000694. The summed E-state index contributed by atoms with van der Waals surface area (Å²) < 4.78 is 0. The van der Waals surface area contributed by atoms with E-state index in [1.54, 1.807) is 6.92 Å². The Morgan fingerprint density at radius 2 is 0.636 bits per heavy atom. The third-order valence-electron chi connectivity index (χ3n) is 0. The molecular formula is C6H13CoO4-. The molecule has 0 aliphatic carbocycles. The first-order valence-electron chi connectivity index (χ1n) is 1.86. The van der Waals surface area contributed by atoms with Crippen LogP contribution in [0.1, 0.15) is 6.92 Å². The number of hydrogen-bond acceptors (Lipinski definition) is 4. The van der Waals surface area contributed by atoms with E-state index in [2.05, 4.69) is 6.92 Å². The van der Waals surface area contributed by atoms with Gasteiger partial charge in [-0.1, -0.05) is 0 Å². The summed E-state index contributed by atoms with van der Waals surface area (Å²) >= 11 is 0. The fraction of sp³-hybridized carbons (Fsp3) is 0.167. The molecule has 0 aliphatic rings. The van der Waals surface area contributed by atoms with Crippen molar-refractivity contribution in [2.45, 2.75) is 6.92 Å². The molecule has 0 atom stereocenters. The maximum absolute atomic E-state index is 8.00. The van der Waals surface area contributed by atoms with E-state index in [-0.39, 0.29) is 16.8 Å². The van der Waals surface area contributed by atoms with Crippen LogP contribution >= 0.6 is 0 Å². The van der Waals surface area contributed by atoms with E-state index >= 15 is 0 Å². The second-order valence-electron chi connectivity index (χ2n) is 0. The summed E-state index contributed by atoms with van der Waals surface area (Å²) in [6.45, 7) is 13.0. The topological polar surface area (TPSA) is 68.3 Å². The van der Waals surface area contributed by atoms with Crippen molar-refractivity contribution >= 4 is 27.2 Å². The largest absolute Gasteiger partial charge is 0.346 e. The molecule has 0 aliphatic heterocycles. The molecule has 0 rings (SSSR count). The number of carbonyl (C=O) groups is 4. The summed E-state index contributed by atoms with van der Waals surface area (Å²) in [5, 5.41) is 0. The molecule has 0 N–H and O–H groups in total. The van der Waals surface area contributed by atoms with E-state index in [0.29, 0.717) is 0 Å². The van der Waals surface area contributed by atoms with E-state index in [0.717, 1.165) is 0 Å². The fourth-order valence-electron chi connectivity index (χ4n) is 0. The van der Waals surface area contributed by atoms with Crippen molar-refractivity contribution in [2.24, 2.45) is 0 Å². The third kappa shape index (κ3) is 717. The van der Waals surface area contributed by atoms with Gasteiger partial charge in [-0.2, -0.15) is 6.92 Å². The molecule has 0 aromatic heterocycles. The Hall–Kier alpha value is -0.814. The van der Waals surface area contributed by atoms with Crippen LogP contribution in [0, 0.1) is 6.92 Å². The van der Waals surface area contributed by atoms with Crippen LogP contribution in [0.3, 0.4) is 0 Å². The van der Waals surface area contributed by atoms with Gasteiger partial charge in [-0.05, 0) is 0 Å². The monoisotopic (exact) mass is 208 g/mol. The molecule has 0 aromatic rings. The third-order valence-corrected chi connectivity index (χ3v) is 0. The molecule has 0 fully saturated rings. The van der Waals surface area contributed by atoms with Crippen molar-refractivity contribution in [1.29, 1.82) is 0 Å². The van der Waals surface area contributed by atoms with Gasteiger partial charge in [0.25, 0.3) is 0 Å². The molecule has 5 heteroatoms. The first kappa shape index (κ1) is 49.0. The van der Waals surface area contributed by atoms with Gasteiger partial charge in [-0.25, -0.2) is 0 Å². The molecule has 0 spiro atoms. The quantitative estimate of drug-likeness (QED) is 0.529. The van der Waals surface area contributed by atoms with Gasteiger partial charge in [0.2, 0.25) is 0 Å². The first-order valence-corrected chi connectivity index (χ1v) is 1.86. The van der Waals surface area contributed by atoms with Gasteiger partial charge in [0, 0.05) is 16.8 Å². The maximum Gasteiger partial charge on any atom is 0.106 e.